The fourth-order valence-corrected chi connectivity index (χ4v) is 1.81. The molecule has 6 heteroatoms. The molecule has 2 rings (SSSR count). The van der Waals surface area contributed by atoms with Crippen LogP contribution in [-0.4, -0.2) is 26.3 Å². The molecule has 16 heavy (non-hydrogen) atoms. The molecule has 0 fully saturated rings. The van der Waals surface area contributed by atoms with E-state index in [1.807, 2.05) is 6.92 Å². The highest BCUT2D eigenvalue weighted by Gasteiger charge is 2.13. The van der Waals surface area contributed by atoms with Crippen LogP contribution in [0.1, 0.15) is 23.5 Å². The van der Waals surface area contributed by atoms with Gasteiger partial charge in [0.1, 0.15) is 11.9 Å². The molecule has 2 aromatic rings. The van der Waals surface area contributed by atoms with Crippen LogP contribution in [0.15, 0.2) is 24.7 Å². The summed E-state index contributed by atoms with van der Waals surface area (Å²) in [5, 5.41) is 13.7. The molecule has 1 unspecified atom stereocenters. The summed E-state index contributed by atoms with van der Waals surface area (Å²) in [6, 6.07) is 1.76. The Bertz CT molecular complexity index is 447. The van der Waals surface area contributed by atoms with Crippen LogP contribution in [0.25, 0.3) is 0 Å². The Morgan fingerprint density at radius 2 is 2.31 bits per heavy atom. The van der Waals surface area contributed by atoms with Crippen molar-refractivity contribution >= 4 is 11.5 Å². The third kappa shape index (κ3) is 2.34. The van der Waals surface area contributed by atoms with Crippen molar-refractivity contribution in [2.45, 2.75) is 13.0 Å². The lowest BCUT2D eigenvalue weighted by atomic mass is 10.1. The van der Waals surface area contributed by atoms with E-state index in [1.54, 1.807) is 24.7 Å². The highest BCUT2D eigenvalue weighted by atomic mass is 32.1. The number of aliphatic hydroxyl groups is 1. The summed E-state index contributed by atoms with van der Waals surface area (Å²) >= 11 is 1.17. The number of pyridine rings is 1. The Kier molecular flexibility index (Phi) is 3.43. The quantitative estimate of drug-likeness (QED) is 0.870. The molecule has 84 valence electrons. The molecular formula is C10H11N3O2S. The normalized spacial score (nSPS) is 12.4. The summed E-state index contributed by atoms with van der Waals surface area (Å²) in [6.07, 6.45) is 4.02. The van der Waals surface area contributed by atoms with E-state index in [0.717, 1.165) is 0 Å². The summed E-state index contributed by atoms with van der Waals surface area (Å²) in [5.74, 6) is 0.650. The van der Waals surface area contributed by atoms with Crippen molar-refractivity contribution in [3.8, 4) is 5.75 Å². The van der Waals surface area contributed by atoms with E-state index in [0.29, 0.717) is 22.8 Å². The second kappa shape index (κ2) is 5.00. The van der Waals surface area contributed by atoms with Crippen molar-refractivity contribution in [3.63, 3.8) is 0 Å². The van der Waals surface area contributed by atoms with Crippen LogP contribution >= 0.6 is 11.5 Å². The zero-order valence-electron chi connectivity index (χ0n) is 8.70. The van der Waals surface area contributed by atoms with E-state index < -0.39 is 6.10 Å². The lowest BCUT2D eigenvalue weighted by Gasteiger charge is -2.09. The van der Waals surface area contributed by atoms with Gasteiger partial charge in [0.2, 0.25) is 0 Å². The zero-order chi connectivity index (χ0) is 11.4. The average Bonchev–Trinajstić information content (AvgIpc) is 2.82. The van der Waals surface area contributed by atoms with Gasteiger partial charge >= 0.3 is 0 Å². The first-order valence-electron chi connectivity index (χ1n) is 4.84. The first kappa shape index (κ1) is 11.0. The first-order valence-corrected chi connectivity index (χ1v) is 5.61. The Balaban J connectivity index is 2.23. The number of hydrogen-bond donors (Lipinski definition) is 1. The zero-order valence-corrected chi connectivity index (χ0v) is 9.52. The van der Waals surface area contributed by atoms with Gasteiger partial charge in [-0.2, -0.15) is 0 Å². The van der Waals surface area contributed by atoms with Gasteiger partial charge < -0.3 is 9.84 Å². The third-order valence-electron chi connectivity index (χ3n) is 2.01. The standard InChI is InChI=1S/C10H11N3O2S/c1-2-15-8-3-7(4-11-5-8)10(14)9-6-12-13-16-9/h3-6,10,14H,2H2,1H3. The van der Waals surface area contributed by atoms with E-state index in [2.05, 4.69) is 14.6 Å². The van der Waals surface area contributed by atoms with Crippen molar-refractivity contribution in [2.24, 2.45) is 0 Å². The molecule has 0 aromatic carbocycles. The van der Waals surface area contributed by atoms with E-state index in [-0.39, 0.29) is 0 Å². The number of aliphatic hydroxyl groups excluding tert-OH is 1. The summed E-state index contributed by atoms with van der Waals surface area (Å²) in [7, 11) is 0. The third-order valence-corrected chi connectivity index (χ3v) is 2.72. The number of rotatable bonds is 4. The molecular weight excluding hydrogens is 226 g/mol. The summed E-state index contributed by atoms with van der Waals surface area (Å²) in [6.45, 7) is 2.47. The fourth-order valence-electron chi connectivity index (χ4n) is 1.29. The first-order chi connectivity index (χ1) is 7.81. The van der Waals surface area contributed by atoms with E-state index >= 15 is 0 Å². The molecule has 0 saturated carbocycles. The number of nitrogens with zero attached hydrogens (tertiary/aromatic N) is 3. The van der Waals surface area contributed by atoms with Gasteiger partial charge in [0, 0.05) is 11.8 Å². The van der Waals surface area contributed by atoms with Crippen molar-refractivity contribution in [1.82, 2.24) is 14.6 Å². The SMILES string of the molecule is CCOc1cncc(C(O)c2cnns2)c1. The fraction of sp³-hybridized carbons (Fsp3) is 0.300. The second-order valence-corrected chi connectivity index (χ2v) is 3.93. The maximum atomic E-state index is 10.0. The van der Waals surface area contributed by atoms with Crippen molar-refractivity contribution in [2.75, 3.05) is 6.61 Å². The maximum absolute atomic E-state index is 10.0. The lowest BCUT2D eigenvalue weighted by molar-refractivity contribution is 0.222. The minimum atomic E-state index is -0.743. The van der Waals surface area contributed by atoms with Crippen molar-refractivity contribution in [1.29, 1.82) is 0 Å². The molecule has 0 radical (unpaired) electrons. The van der Waals surface area contributed by atoms with Crippen LogP contribution in [0, 0.1) is 0 Å². The number of aromatic nitrogens is 3. The van der Waals surface area contributed by atoms with Gasteiger partial charge in [-0.25, -0.2) is 0 Å². The Morgan fingerprint density at radius 1 is 1.44 bits per heavy atom. The van der Waals surface area contributed by atoms with E-state index in [4.69, 9.17) is 4.74 Å². The van der Waals surface area contributed by atoms with Crippen molar-refractivity contribution in [3.05, 3.63) is 35.1 Å². The van der Waals surface area contributed by atoms with Crippen LogP contribution in [0.3, 0.4) is 0 Å². The molecule has 2 aromatic heterocycles. The highest BCUT2D eigenvalue weighted by molar-refractivity contribution is 7.05. The van der Waals surface area contributed by atoms with Crippen LogP contribution in [0.4, 0.5) is 0 Å². The predicted octanol–water partition coefficient (Wildman–Crippen LogP) is 1.41. The average molecular weight is 237 g/mol. The Hall–Kier alpha value is -1.53. The van der Waals surface area contributed by atoms with Gasteiger partial charge in [-0.15, -0.1) is 5.10 Å². The van der Waals surface area contributed by atoms with Gasteiger partial charge in [0.05, 0.1) is 23.9 Å². The van der Waals surface area contributed by atoms with Gasteiger partial charge in [0.15, 0.2) is 0 Å². The molecule has 0 spiro atoms. The minimum absolute atomic E-state index is 0.573. The summed E-state index contributed by atoms with van der Waals surface area (Å²) < 4.78 is 9.02. The number of ether oxygens (including phenoxy) is 1. The molecule has 5 nitrogen and oxygen atoms in total. The summed E-state index contributed by atoms with van der Waals surface area (Å²) in [4.78, 5) is 4.70. The smallest absolute Gasteiger partial charge is 0.137 e. The monoisotopic (exact) mass is 237 g/mol. The van der Waals surface area contributed by atoms with Gasteiger partial charge in [0.25, 0.3) is 0 Å². The molecule has 1 atom stereocenters. The van der Waals surface area contributed by atoms with Crippen LogP contribution in [0.2, 0.25) is 0 Å². The number of hydrogen-bond acceptors (Lipinski definition) is 6. The van der Waals surface area contributed by atoms with Gasteiger partial charge in [-0.05, 0) is 24.5 Å². The summed E-state index contributed by atoms with van der Waals surface area (Å²) in [5.41, 5.74) is 0.678. The topological polar surface area (TPSA) is 68.1 Å². The molecule has 0 amide bonds. The lowest BCUT2D eigenvalue weighted by Crippen LogP contribution is -2.00. The second-order valence-electron chi connectivity index (χ2n) is 3.11. The van der Waals surface area contributed by atoms with Gasteiger partial charge in [-0.1, -0.05) is 4.49 Å². The largest absolute Gasteiger partial charge is 0.492 e. The predicted molar refractivity (Wildman–Crippen MR) is 59.4 cm³/mol. The molecule has 0 aliphatic heterocycles. The highest BCUT2D eigenvalue weighted by Crippen LogP contribution is 2.25. The molecule has 0 saturated heterocycles. The molecule has 0 aliphatic rings. The maximum Gasteiger partial charge on any atom is 0.137 e. The molecule has 0 aliphatic carbocycles. The van der Waals surface area contributed by atoms with E-state index in [1.165, 1.54) is 11.5 Å². The van der Waals surface area contributed by atoms with Crippen molar-refractivity contribution < 1.29 is 9.84 Å². The van der Waals surface area contributed by atoms with Crippen LogP contribution < -0.4 is 4.74 Å². The Labute approximate surface area is 96.9 Å². The van der Waals surface area contributed by atoms with E-state index in [9.17, 15) is 5.11 Å². The van der Waals surface area contributed by atoms with Crippen LogP contribution in [-0.2, 0) is 0 Å². The molecule has 2 heterocycles. The Morgan fingerprint density at radius 3 is 3.00 bits per heavy atom. The minimum Gasteiger partial charge on any atom is -0.492 e. The molecule has 1 N–H and O–H groups in total. The molecule has 0 bridgehead atoms. The van der Waals surface area contributed by atoms with Gasteiger partial charge in [-0.3, -0.25) is 4.98 Å². The van der Waals surface area contributed by atoms with Crippen LogP contribution in [0.5, 0.6) is 5.75 Å².